The van der Waals surface area contributed by atoms with E-state index >= 15 is 0 Å². The first kappa shape index (κ1) is 29.1. The summed E-state index contributed by atoms with van der Waals surface area (Å²) in [5.74, 6) is -0.511. The van der Waals surface area contributed by atoms with Gasteiger partial charge in [-0.3, -0.25) is 14.7 Å². The lowest BCUT2D eigenvalue weighted by Crippen LogP contribution is -2.53. The zero-order valence-corrected chi connectivity index (χ0v) is 22.3. The van der Waals surface area contributed by atoms with Crippen molar-refractivity contribution in [1.82, 2.24) is 9.71 Å². The van der Waals surface area contributed by atoms with Gasteiger partial charge in [-0.2, -0.15) is 26.3 Å². The predicted octanol–water partition coefficient (Wildman–Crippen LogP) is 5.67. The second kappa shape index (κ2) is 9.85. The second-order valence-corrected chi connectivity index (χ2v) is 11.9. The number of halogens is 7. The molecule has 2 aliphatic rings. The fourth-order valence-corrected chi connectivity index (χ4v) is 6.22. The monoisotopic (exact) mass is 615 g/mol. The molecule has 6 nitrogen and oxygen atoms in total. The topological polar surface area (TPSA) is 91.7 Å². The Bertz CT molecular complexity index is 1610. The maximum absolute atomic E-state index is 13.4. The molecule has 0 radical (unpaired) electrons. The maximum atomic E-state index is 13.4. The van der Waals surface area contributed by atoms with Crippen molar-refractivity contribution in [1.29, 1.82) is 0 Å². The highest BCUT2D eigenvalue weighted by Gasteiger charge is 2.71. The lowest BCUT2D eigenvalue weighted by atomic mass is 9.87. The molecule has 2 N–H and O–H groups in total. The molecule has 2 unspecified atom stereocenters. The fourth-order valence-electron chi connectivity index (χ4n) is 4.97. The summed E-state index contributed by atoms with van der Waals surface area (Å²) in [4.78, 5) is 8.52. The van der Waals surface area contributed by atoms with Gasteiger partial charge >= 0.3 is 12.4 Å². The minimum Gasteiger partial charge on any atom is -0.369 e. The molecule has 41 heavy (non-hydrogen) atoms. The number of allylic oxidation sites excluding steroid dienone is 2. The van der Waals surface area contributed by atoms with E-state index in [1.165, 1.54) is 36.7 Å². The summed E-state index contributed by atoms with van der Waals surface area (Å²) in [7, 11) is -4.10. The number of alkyl halides is 6. The highest BCUT2D eigenvalue weighted by atomic mass is 35.5. The van der Waals surface area contributed by atoms with E-state index < -0.39 is 44.9 Å². The Morgan fingerprint density at radius 1 is 0.902 bits per heavy atom. The number of benzene rings is 2. The molecule has 1 aromatic heterocycles. The zero-order valence-electron chi connectivity index (χ0n) is 20.7. The average Bonchev–Trinajstić information content (AvgIpc) is 3.66. The summed E-state index contributed by atoms with van der Waals surface area (Å²) < 4.78 is 109. The Hall–Kier alpha value is -3.42. The van der Waals surface area contributed by atoms with Crippen molar-refractivity contribution in [3.63, 3.8) is 0 Å². The Morgan fingerprint density at radius 3 is 2.05 bits per heavy atom. The van der Waals surface area contributed by atoms with Gasteiger partial charge in [0.2, 0.25) is 0 Å². The Labute approximate surface area is 235 Å². The van der Waals surface area contributed by atoms with Gasteiger partial charge in [-0.15, -0.1) is 0 Å². The van der Waals surface area contributed by atoms with Gasteiger partial charge in [0.15, 0.2) is 0 Å². The number of rotatable bonds is 6. The number of hydrogen-bond donors (Lipinski definition) is 2. The normalized spacial score (nSPS) is 21.3. The molecule has 3 aromatic rings. The van der Waals surface area contributed by atoms with Gasteiger partial charge in [0.1, 0.15) is 0 Å². The van der Waals surface area contributed by atoms with Crippen LogP contribution in [0.4, 0.5) is 26.3 Å². The highest BCUT2D eigenvalue weighted by molar-refractivity contribution is 7.89. The predicted molar refractivity (Wildman–Crippen MR) is 138 cm³/mol. The first-order chi connectivity index (χ1) is 19.1. The first-order valence-electron chi connectivity index (χ1n) is 12.0. The number of hydrogen-bond acceptors (Lipinski definition) is 5. The molecule has 2 atom stereocenters. The van der Waals surface area contributed by atoms with Crippen molar-refractivity contribution in [3.8, 4) is 0 Å². The number of nitrogens with one attached hydrogen (secondary N) is 1. The highest BCUT2D eigenvalue weighted by Crippen LogP contribution is 2.59. The van der Waals surface area contributed by atoms with Crippen molar-refractivity contribution in [2.45, 2.75) is 34.7 Å². The number of aliphatic hydroxyl groups is 1. The fraction of sp³-hybridized carbons (Fsp3) is 0.259. The minimum atomic E-state index is -6.02. The third-order valence-corrected chi connectivity index (χ3v) is 8.97. The molecule has 2 heterocycles. The first-order valence-corrected chi connectivity index (χ1v) is 13.9. The van der Waals surface area contributed by atoms with Crippen molar-refractivity contribution in [3.05, 3.63) is 107 Å². The largest absolute Gasteiger partial charge is 0.430 e. The van der Waals surface area contributed by atoms with Crippen LogP contribution in [0, 0.1) is 5.92 Å². The number of aromatic nitrogens is 1. The van der Waals surface area contributed by atoms with E-state index in [0.717, 1.165) is 12.1 Å². The van der Waals surface area contributed by atoms with Gasteiger partial charge < -0.3 is 5.11 Å². The molecule has 1 saturated carbocycles. The molecule has 216 valence electrons. The van der Waals surface area contributed by atoms with Crippen molar-refractivity contribution in [2.75, 3.05) is 6.54 Å². The molecule has 1 fully saturated rings. The standard InChI is InChI=1S/C27H20ClF6N3O3S/c28-19-5-7-20(8-6-19)41(39,40)37-23-13-22(16-9-11-35-12-10-16)36-15-24(14-21(23)24)17-1-3-18(4-2-17)25(38,26(29,30)31)27(32,33)34/h1-13,21,37-38H,14-15H2. The van der Waals surface area contributed by atoms with E-state index in [4.69, 9.17) is 11.6 Å². The van der Waals surface area contributed by atoms with Crippen molar-refractivity contribution in [2.24, 2.45) is 10.9 Å². The molecule has 2 aromatic carbocycles. The smallest absolute Gasteiger partial charge is 0.369 e. The number of pyridine rings is 1. The summed E-state index contributed by atoms with van der Waals surface area (Å²) in [6, 6.07) is 12.1. The molecule has 0 spiro atoms. The van der Waals surface area contributed by atoms with E-state index in [9.17, 15) is 39.9 Å². The van der Waals surface area contributed by atoms with E-state index in [1.807, 2.05) is 0 Å². The Balaban J connectivity index is 1.54. The van der Waals surface area contributed by atoms with Gasteiger partial charge in [0.05, 0.1) is 10.6 Å². The Kier molecular flexibility index (Phi) is 6.98. The number of sulfonamides is 1. The zero-order chi connectivity index (χ0) is 29.8. The van der Waals surface area contributed by atoms with Crippen molar-refractivity contribution >= 4 is 27.3 Å². The van der Waals surface area contributed by atoms with Gasteiger partial charge in [-0.25, -0.2) is 8.42 Å². The molecule has 1 aliphatic heterocycles. The van der Waals surface area contributed by atoms with Crippen LogP contribution >= 0.6 is 11.6 Å². The van der Waals surface area contributed by atoms with Crippen LogP contribution in [-0.2, 0) is 21.0 Å². The van der Waals surface area contributed by atoms with Crippen LogP contribution in [0.3, 0.4) is 0 Å². The van der Waals surface area contributed by atoms with Crippen LogP contribution in [0.5, 0.6) is 0 Å². The third-order valence-electron chi connectivity index (χ3n) is 7.32. The van der Waals surface area contributed by atoms with E-state index in [2.05, 4.69) is 14.7 Å². The van der Waals surface area contributed by atoms with Crippen molar-refractivity contribution < 1.29 is 39.9 Å². The van der Waals surface area contributed by atoms with E-state index in [1.54, 1.807) is 18.2 Å². The summed E-state index contributed by atoms with van der Waals surface area (Å²) in [5, 5.41) is 10.1. The lowest BCUT2D eigenvalue weighted by Gasteiger charge is -2.33. The summed E-state index contributed by atoms with van der Waals surface area (Å²) >= 11 is 5.88. The quantitative estimate of drug-likeness (QED) is 0.350. The van der Waals surface area contributed by atoms with Crippen LogP contribution in [0.2, 0.25) is 5.02 Å². The molecule has 5 rings (SSSR count). The number of fused-ring (bicyclic) bond motifs is 1. The number of nitrogens with zero attached hydrogens (tertiary/aromatic N) is 2. The molecule has 1 aliphatic carbocycles. The molecule has 14 heteroatoms. The maximum Gasteiger partial charge on any atom is 0.430 e. The third kappa shape index (κ3) is 5.10. The minimum absolute atomic E-state index is 0.0661. The lowest BCUT2D eigenvalue weighted by molar-refractivity contribution is -0.376. The average molecular weight is 616 g/mol. The molecule has 0 saturated heterocycles. The van der Waals surface area contributed by atoms with E-state index in [-0.39, 0.29) is 17.1 Å². The van der Waals surface area contributed by atoms with Crippen LogP contribution in [-0.4, -0.2) is 43.1 Å². The van der Waals surface area contributed by atoms with Crippen LogP contribution in [0.1, 0.15) is 23.1 Å². The Morgan fingerprint density at radius 2 is 1.49 bits per heavy atom. The van der Waals surface area contributed by atoms with Gasteiger partial charge in [0, 0.05) is 52.1 Å². The van der Waals surface area contributed by atoms with Gasteiger partial charge in [-0.1, -0.05) is 35.9 Å². The summed E-state index contributed by atoms with van der Waals surface area (Å²) in [5.41, 5.74) is -5.74. The SMILES string of the molecule is O=S(=O)(NC1=CC(c2ccncc2)=NCC2(c3ccc(C(O)(C(F)(F)F)C(F)(F)F)cc3)CC12)c1ccc(Cl)cc1. The van der Waals surface area contributed by atoms with Crippen LogP contribution in [0.25, 0.3) is 0 Å². The van der Waals surface area contributed by atoms with Gasteiger partial charge in [-0.05, 0) is 54.5 Å². The van der Waals surface area contributed by atoms with Gasteiger partial charge in [0.25, 0.3) is 15.6 Å². The van der Waals surface area contributed by atoms with Crippen LogP contribution in [0.15, 0.2) is 94.7 Å². The second-order valence-electron chi connectivity index (χ2n) is 9.79. The van der Waals surface area contributed by atoms with E-state index in [0.29, 0.717) is 40.4 Å². The number of aliphatic imine (C=N–C) groups is 1. The molecule has 0 amide bonds. The molecule has 0 bridgehead atoms. The summed E-state index contributed by atoms with van der Waals surface area (Å²) in [6.07, 6.45) is -7.12. The molecular weight excluding hydrogens is 596 g/mol. The molecular formula is C27H20ClF6N3O3S. The summed E-state index contributed by atoms with van der Waals surface area (Å²) in [6.45, 7) is 0.0696. The van der Waals surface area contributed by atoms with Crippen LogP contribution < -0.4 is 4.72 Å².